The molecular formula is C11H16FNO2. The van der Waals surface area contributed by atoms with Gasteiger partial charge in [-0.25, -0.2) is 4.39 Å². The van der Waals surface area contributed by atoms with E-state index in [9.17, 15) is 9.50 Å². The fourth-order valence-corrected chi connectivity index (χ4v) is 1.32. The maximum atomic E-state index is 12.6. The van der Waals surface area contributed by atoms with E-state index in [-0.39, 0.29) is 12.4 Å². The predicted molar refractivity (Wildman–Crippen MR) is 57.4 cm³/mol. The molecule has 0 amide bonds. The van der Waals surface area contributed by atoms with Crippen molar-refractivity contribution in [3.8, 4) is 0 Å². The molecule has 0 fully saturated rings. The van der Waals surface area contributed by atoms with E-state index in [1.807, 2.05) is 6.92 Å². The topological polar surface area (TPSA) is 41.5 Å². The first kappa shape index (κ1) is 11.9. The maximum Gasteiger partial charge on any atom is 0.123 e. The molecule has 1 aromatic carbocycles. The van der Waals surface area contributed by atoms with Crippen LogP contribution < -0.4 is 5.32 Å². The van der Waals surface area contributed by atoms with Gasteiger partial charge >= 0.3 is 0 Å². The van der Waals surface area contributed by atoms with E-state index in [1.54, 1.807) is 19.2 Å². The molecule has 0 bridgehead atoms. The zero-order valence-corrected chi connectivity index (χ0v) is 8.96. The number of anilines is 1. The van der Waals surface area contributed by atoms with Crippen molar-refractivity contribution in [3.05, 3.63) is 30.1 Å². The smallest absolute Gasteiger partial charge is 0.123 e. The van der Waals surface area contributed by atoms with Gasteiger partial charge in [-0.2, -0.15) is 0 Å². The number of nitrogens with one attached hydrogen (secondary N) is 1. The summed E-state index contributed by atoms with van der Waals surface area (Å²) in [5, 5.41) is 12.3. The lowest BCUT2D eigenvalue weighted by atomic mass is 10.0. The highest BCUT2D eigenvalue weighted by molar-refractivity contribution is 5.45. The first-order valence-electron chi connectivity index (χ1n) is 4.73. The molecule has 0 spiro atoms. The minimum atomic E-state index is -0.549. The lowest BCUT2D eigenvalue weighted by Crippen LogP contribution is -2.43. The van der Waals surface area contributed by atoms with E-state index in [2.05, 4.69) is 5.32 Å². The monoisotopic (exact) mass is 213 g/mol. The lowest BCUT2D eigenvalue weighted by Gasteiger charge is -2.29. The molecule has 4 heteroatoms. The Morgan fingerprint density at radius 3 is 2.47 bits per heavy atom. The van der Waals surface area contributed by atoms with Crippen LogP contribution in [0.3, 0.4) is 0 Å². The number of aliphatic hydroxyl groups excluding tert-OH is 1. The molecule has 0 radical (unpaired) electrons. The van der Waals surface area contributed by atoms with Crippen molar-refractivity contribution in [3.63, 3.8) is 0 Å². The summed E-state index contributed by atoms with van der Waals surface area (Å²) in [6, 6.07) is 5.98. The van der Waals surface area contributed by atoms with Gasteiger partial charge < -0.3 is 15.2 Å². The summed E-state index contributed by atoms with van der Waals surface area (Å²) in [6.07, 6.45) is 0. The summed E-state index contributed by atoms with van der Waals surface area (Å²) in [6.45, 7) is 2.15. The first-order valence-corrected chi connectivity index (χ1v) is 4.73. The third-order valence-electron chi connectivity index (χ3n) is 2.10. The van der Waals surface area contributed by atoms with E-state index in [0.717, 1.165) is 5.69 Å². The second kappa shape index (κ2) is 5.09. The van der Waals surface area contributed by atoms with Crippen LogP contribution in [0.2, 0.25) is 0 Å². The molecule has 84 valence electrons. The molecule has 1 atom stereocenters. The van der Waals surface area contributed by atoms with Gasteiger partial charge in [0.25, 0.3) is 0 Å². The SMILES string of the molecule is COCC(C)(CO)Nc1ccc(F)cc1. The molecule has 15 heavy (non-hydrogen) atoms. The van der Waals surface area contributed by atoms with Crippen LogP contribution in [0.4, 0.5) is 10.1 Å². The van der Waals surface area contributed by atoms with Gasteiger partial charge in [0.2, 0.25) is 0 Å². The Labute approximate surface area is 88.9 Å². The summed E-state index contributed by atoms with van der Waals surface area (Å²) in [5.74, 6) is -0.280. The van der Waals surface area contributed by atoms with Crippen LogP contribution in [0.5, 0.6) is 0 Å². The minimum absolute atomic E-state index is 0.0573. The molecule has 3 nitrogen and oxygen atoms in total. The third kappa shape index (κ3) is 3.49. The molecule has 0 heterocycles. The highest BCUT2D eigenvalue weighted by atomic mass is 19.1. The average Bonchev–Trinajstić information content (AvgIpc) is 2.22. The molecule has 0 aliphatic carbocycles. The number of hydrogen-bond acceptors (Lipinski definition) is 3. The molecule has 0 saturated heterocycles. The maximum absolute atomic E-state index is 12.6. The minimum Gasteiger partial charge on any atom is -0.394 e. The van der Waals surface area contributed by atoms with Crippen molar-refractivity contribution in [2.45, 2.75) is 12.5 Å². The fourth-order valence-electron chi connectivity index (χ4n) is 1.32. The van der Waals surface area contributed by atoms with Crippen LogP contribution in [0.1, 0.15) is 6.92 Å². The molecule has 1 aromatic rings. The molecular weight excluding hydrogens is 197 g/mol. The molecule has 0 aliphatic heterocycles. The van der Waals surface area contributed by atoms with Crippen LogP contribution in [0.15, 0.2) is 24.3 Å². The predicted octanol–water partition coefficient (Wildman–Crippen LogP) is 1.63. The Balaban J connectivity index is 2.70. The highest BCUT2D eigenvalue weighted by Gasteiger charge is 2.22. The summed E-state index contributed by atoms with van der Waals surface area (Å²) in [7, 11) is 1.57. The van der Waals surface area contributed by atoms with Gasteiger partial charge in [-0.15, -0.1) is 0 Å². The number of methoxy groups -OCH3 is 1. The molecule has 0 saturated carbocycles. The van der Waals surface area contributed by atoms with E-state index in [0.29, 0.717) is 6.61 Å². The number of hydrogen-bond donors (Lipinski definition) is 2. The van der Waals surface area contributed by atoms with Gasteiger partial charge in [0, 0.05) is 12.8 Å². The van der Waals surface area contributed by atoms with Gasteiger partial charge in [0.1, 0.15) is 5.82 Å². The van der Waals surface area contributed by atoms with Crippen molar-refractivity contribution >= 4 is 5.69 Å². The van der Waals surface area contributed by atoms with E-state index in [4.69, 9.17) is 4.74 Å². The number of ether oxygens (including phenoxy) is 1. The molecule has 0 aromatic heterocycles. The molecule has 1 rings (SSSR count). The number of aliphatic hydroxyl groups is 1. The van der Waals surface area contributed by atoms with E-state index < -0.39 is 5.54 Å². The second-order valence-corrected chi connectivity index (χ2v) is 3.78. The van der Waals surface area contributed by atoms with Crippen LogP contribution in [-0.2, 0) is 4.74 Å². The van der Waals surface area contributed by atoms with E-state index >= 15 is 0 Å². The van der Waals surface area contributed by atoms with Gasteiger partial charge in [0.15, 0.2) is 0 Å². The zero-order chi connectivity index (χ0) is 11.3. The summed E-state index contributed by atoms with van der Waals surface area (Å²) >= 11 is 0. The number of rotatable bonds is 5. The van der Waals surface area contributed by atoms with Crippen LogP contribution in [0, 0.1) is 5.82 Å². The lowest BCUT2D eigenvalue weighted by molar-refractivity contribution is 0.108. The third-order valence-corrected chi connectivity index (χ3v) is 2.10. The molecule has 1 unspecified atom stereocenters. The summed E-state index contributed by atoms with van der Waals surface area (Å²) in [4.78, 5) is 0. The Hall–Kier alpha value is -1.13. The van der Waals surface area contributed by atoms with Crippen LogP contribution in [0.25, 0.3) is 0 Å². The second-order valence-electron chi connectivity index (χ2n) is 3.78. The van der Waals surface area contributed by atoms with Gasteiger partial charge in [-0.1, -0.05) is 0 Å². The Morgan fingerprint density at radius 2 is 2.00 bits per heavy atom. The van der Waals surface area contributed by atoms with Crippen molar-refractivity contribution in [2.75, 3.05) is 25.6 Å². The standard InChI is InChI=1S/C11H16FNO2/c1-11(7-14,8-15-2)13-10-5-3-9(12)4-6-10/h3-6,13-14H,7-8H2,1-2H3. The largest absolute Gasteiger partial charge is 0.394 e. The Kier molecular flexibility index (Phi) is 4.05. The van der Waals surface area contributed by atoms with Crippen molar-refractivity contribution in [2.24, 2.45) is 0 Å². The summed E-state index contributed by atoms with van der Waals surface area (Å²) in [5.41, 5.74) is 0.206. The molecule has 2 N–H and O–H groups in total. The van der Waals surface area contributed by atoms with Gasteiger partial charge in [0.05, 0.1) is 18.8 Å². The van der Waals surface area contributed by atoms with E-state index in [1.165, 1.54) is 12.1 Å². The number of benzene rings is 1. The average molecular weight is 213 g/mol. The molecule has 0 aliphatic rings. The normalized spacial score (nSPS) is 14.7. The Morgan fingerprint density at radius 1 is 1.40 bits per heavy atom. The van der Waals surface area contributed by atoms with Crippen molar-refractivity contribution < 1.29 is 14.2 Å². The van der Waals surface area contributed by atoms with Gasteiger partial charge in [-0.05, 0) is 31.2 Å². The zero-order valence-electron chi connectivity index (χ0n) is 8.96. The number of halogens is 1. The summed E-state index contributed by atoms with van der Waals surface area (Å²) < 4.78 is 17.6. The van der Waals surface area contributed by atoms with Crippen LogP contribution >= 0.6 is 0 Å². The van der Waals surface area contributed by atoms with Crippen molar-refractivity contribution in [1.29, 1.82) is 0 Å². The van der Waals surface area contributed by atoms with Gasteiger partial charge in [-0.3, -0.25) is 0 Å². The first-order chi connectivity index (χ1) is 7.09. The fraction of sp³-hybridized carbons (Fsp3) is 0.455. The van der Waals surface area contributed by atoms with Crippen molar-refractivity contribution in [1.82, 2.24) is 0 Å². The quantitative estimate of drug-likeness (QED) is 0.781. The van der Waals surface area contributed by atoms with Crippen LogP contribution in [-0.4, -0.2) is 31.0 Å². The Bertz CT molecular complexity index is 302. The highest BCUT2D eigenvalue weighted by Crippen LogP contribution is 2.15.